The van der Waals surface area contributed by atoms with E-state index in [4.69, 9.17) is 0 Å². The summed E-state index contributed by atoms with van der Waals surface area (Å²) in [6.07, 6.45) is 16.9. The van der Waals surface area contributed by atoms with Crippen molar-refractivity contribution in [1.29, 1.82) is 0 Å². The minimum absolute atomic E-state index is 0.0601. The van der Waals surface area contributed by atoms with Crippen LogP contribution in [0.3, 0.4) is 0 Å². The van der Waals surface area contributed by atoms with E-state index < -0.39 is 8.80 Å². The van der Waals surface area contributed by atoms with Gasteiger partial charge in [-0.2, -0.15) is 0 Å². The van der Waals surface area contributed by atoms with Crippen molar-refractivity contribution in [2.45, 2.75) is 82.8 Å². The van der Waals surface area contributed by atoms with Gasteiger partial charge in [0, 0.05) is 11.6 Å². The van der Waals surface area contributed by atoms with E-state index in [0.717, 1.165) is 0 Å². The van der Waals surface area contributed by atoms with Gasteiger partial charge in [-0.15, -0.1) is 0 Å². The highest BCUT2D eigenvalue weighted by Crippen LogP contribution is 2.58. The lowest BCUT2D eigenvalue weighted by Gasteiger charge is -2.59. The van der Waals surface area contributed by atoms with Crippen LogP contribution in [0.5, 0.6) is 0 Å². The molecule has 0 amide bonds. The van der Waals surface area contributed by atoms with Crippen molar-refractivity contribution in [2.75, 3.05) is 0 Å². The number of hydrogen-bond donors (Lipinski definition) is 1. The largest absolute Gasteiger partial charge is 0.301 e. The fourth-order valence-corrected chi connectivity index (χ4v) is 11.1. The quantitative estimate of drug-likeness (QED) is 0.558. The Labute approximate surface area is 197 Å². The van der Waals surface area contributed by atoms with Gasteiger partial charge in [-0.05, 0) is 30.2 Å². The van der Waals surface area contributed by atoms with E-state index in [9.17, 15) is 0 Å². The molecule has 2 aromatic rings. The van der Waals surface area contributed by atoms with Crippen LogP contribution >= 0.6 is 0 Å². The van der Waals surface area contributed by atoms with Gasteiger partial charge in [-0.3, -0.25) is 0 Å². The fraction of sp³-hybridized carbons (Fsp3) is 0.467. The Hall–Kier alpha value is -1.90. The Morgan fingerprint density at radius 2 is 1.19 bits per heavy atom. The third kappa shape index (κ3) is 4.32. The van der Waals surface area contributed by atoms with Crippen LogP contribution in [-0.2, 0) is 0 Å². The van der Waals surface area contributed by atoms with Crippen LogP contribution in [-0.4, -0.2) is 20.4 Å². The molecule has 0 aromatic heterocycles. The first-order valence-corrected chi connectivity index (χ1v) is 14.3. The van der Waals surface area contributed by atoms with Crippen LogP contribution in [0.25, 0.3) is 0 Å². The first-order chi connectivity index (χ1) is 15.4. The molecular formula is C30H41NSi. The van der Waals surface area contributed by atoms with Crippen LogP contribution in [0.15, 0.2) is 85.0 Å². The van der Waals surface area contributed by atoms with Crippen molar-refractivity contribution in [2.24, 2.45) is 5.41 Å². The van der Waals surface area contributed by atoms with Crippen LogP contribution < -0.4 is 15.7 Å². The van der Waals surface area contributed by atoms with Gasteiger partial charge in [0.15, 0.2) is 0 Å². The summed E-state index contributed by atoms with van der Waals surface area (Å²) >= 11 is 0. The third-order valence-corrected chi connectivity index (χ3v) is 13.5. The van der Waals surface area contributed by atoms with Crippen molar-refractivity contribution in [3.05, 3.63) is 85.0 Å². The van der Waals surface area contributed by atoms with Gasteiger partial charge < -0.3 is 5.32 Å². The van der Waals surface area contributed by atoms with Crippen LogP contribution in [0.2, 0.25) is 5.04 Å². The summed E-state index contributed by atoms with van der Waals surface area (Å²) < 4.78 is 0. The SMILES string of the molecule is CC1(NC2C=CC=C2)CCCCCCC(C)([SiH](c2ccccc2)c2ccccc2)C1(C)C. The van der Waals surface area contributed by atoms with Crippen LogP contribution in [0, 0.1) is 5.41 Å². The molecule has 2 aliphatic carbocycles. The Balaban J connectivity index is 1.86. The van der Waals surface area contributed by atoms with Gasteiger partial charge in [0.05, 0.1) is 0 Å². The van der Waals surface area contributed by atoms with E-state index >= 15 is 0 Å². The monoisotopic (exact) mass is 443 g/mol. The second kappa shape index (κ2) is 9.53. The summed E-state index contributed by atoms with van der Waals surface area (Å²) in [5.74, 6) is 0. The lowest BCUT2D eigenvalue weighted by atomic mass is 9.62. The maximum Gasteiger partial charge on any atom is 0.109 e. The summed E-state index contributed by atoms with van der Waals surface area (Å²) in [4.78, 5) is 0. The van der Waals surface area contributed by atoms with Crippen LogP contribution in [0.4, 0.5) is 0 Å². The Morgan fingerprint density at radius 1 is 0.688 bits per heavy atom. The summed E-state index contributed by atoms with van der Waals surface area (Å²) in [5.41, 5.74) is 0.182. The number of hydrogen-bond acceptors (Lipinski definition) is 1. The molecule has 0 bridgehead atoms. The summed E-state index contributed by atoms with van der Waals surface area (Å²) in [7, 11) is -1.55. The molecule has 1 fully saturated rings. The van der Waals surface area contributed by atoms with E-state index in [2.05, 4.69) is 118 Å². The molecule has 1 saturated carbocycles. The van der Waals surface area contributed by atoms with Crippen molar-refractivity contribution in [3.63, 3.8) is 0 Å². The molecule has 2 atom stereocenters. The third-order valence-electron chi connectivity index (χ3n) is 9.07. The Bertz CT molecular complexity index is 880. The Kier molecular flexibility index (Phi) is 6.93. The van der Waals surface area contributed by atoms with Crippen molar-refractivity contribution in [3.8, 4) is 0 Å². The van der Waals surface area contributed by atoms with Crippen molar-refractivity contribution >= 4 is 19.2 Å². The molecule has 0 heterocycles. The standard InChI is InChI=1S/C30H41NSi/c1-28(2)29(3,31-25-17-13-14-18-25)23-15-5-6-16-24-30(28,4)32(26-19-9-7-10-20-26)27-21-11-8-12-22-27/h7-14,17-22,25,31-32H,5-6,15-16,23-24H2,1-4H3. The molecule has 1 N–H and O–H groups in total. The first-order valence-electron chi connectivity index (χ1n) is 12.6. The van der Waals surface area contributed by atoms with Crippen molar-refractivity contribution < 1.29 is 0 Å². The molecule has 1 nitrogen and oxygen atoms in total. The molecule has 4 rings (SSSR count). The molecule has 2 aromatic carbocycles. The zero-order chi connectivity index (χ0) is 22.7. The molecule has 170 valence electrons. The van der Waals surface area contributed by atoms with E-state index in [1.165, 1.54) is 38.5 Å². The molecule has 0 saturated heterocycles. The van der Waals surface area contributed by atoms with Gasteiger partial charge >= 0.3 is 0 Å². The summed E-state index contributed by atoms with van der Waals surface area (Å²) in [5, 5.41) is 7.53. The molecule has 0 radical (unpaired) electrons. The van der Waals surface area contributed by atoms with Gasteiger partial charge in [-0.1, -0.05) is 142 Å². The average molecular weight is 444 g/mol. The minimum atomic E-state index is -1.55. The predicted molar refractivity (Wildman–Crippen MR) is 143 cm³/mol. The molecule has 0 aliphatic heterocycles. The zero-order valence-corrected chi connectivity index (χ0v) is 21.6. The molecular weight excluding hydrogens is 402 g/mol. The Morgan fingerprint density at radius 3 is 1.72 bits per heavy atom. The first kappa shape index (κ1) is 23.3. The molecule has 2 unspecified atom stereocenters. The zero-order valence-electron chi connectivity index (χ0n) is 20.5. The number of allylic oxidation sites excluding steroid dienone is 2. The van der Waals surface area contributed by atoms with Gasteiger partial charge in [0.2, 0.25) is 0 Å². The topological polar surface area (TPSA) is 12.0 Å². The smallest absolute Gasteiger partial charge is 0.109 e. The highest BCUT2D eigenvalue weighted by molar-refractivity contribution is 6.87. The minimum Gasteiger partial charge on any atom is -0.301 e. The van der Waals surface area contributed by atoms with E-state index in [1.54, 1.807) is 10.4 Å². The number of nitrogens with one attached hydrogen (secondary N) is 1. The van der Waals surface area contributed by atoms with E-state index in [0.29, 0.717) is 6.04 Å². The maximum atomic E-state index is 4.14. The molecule has 0 spiro atoms. The lowest BCUT2D eigenvalue weighted by Crippen LogP contribution is -2.66. The maximum absolute atomic E-state index is 4.14. The highest BCUT2D eigenvalue weighted by Gasteiger charge is 2.56. The lowest BCUT2D eigenvalue weighted by molar-refractivity contribution is 0.0678. The van der Waals surface area contributed by atoms with Gasteiger partial charge in [0.1, 0.15) is 8.80 Å². The van der Waals surface area contributed by atoms with Gasteiger partial charge in [0.25, 0.3) is 0 Å². The second-order valence-corrected chi connectivity index (χ2v) is 14.5. The summed E-state index contributed by atoms with van der Waals surface area (Å²) in [6, 6.07) is 23.3. The predicted octanol–water partition coefficient (Wildman–Crippen LogP) is 6.01. The summed E-state index contributed by atoms with van der Waals surface area (Å²) in [6.45, 7) is 10.3. The van der Waals surface area contributed by atoms with Crippen molar-refractivity contribution in [1.82, 2.24) is 5.32 Å². The molecule has 2 heteroatoms. The van der Waals surface area contributed by atoms with E-state index in [1.807, 2.05) is 0 Å². The van der Waals surface area contributed by atoms with Gasteiger partial charge in [-0.25, -0.2) is 0 Å². The fourth-order valence-electron chi connectivity index (χ4n) is 6.45. The van der Waals surface area contributed by atoms with E-state index in [-0.39, 0.29) is 16.0 Å². The average Bonchev–Trinajstić information content (AvgIpc) is 3.30. The second-order valence-electron chi connectivity index (χ2n) is 11.0. The van der Waals surface area contributed by atoms with Crippen LogP contribution in [0.1, 0.15) is 66.2 Å². The number of rotatable bonds is 5. The molecule has 2 aliphatic rings. The number of benzene rings is 2. The highest BCUT2D eigenvalue weighted by atomic mass is 28.3. The molecule has 32 heavy (non-hydrogen) atoms. The normalized spacial score (nSPS) is 28.4.